The Bertz CT molecular complexity index is 483. The van der Waals surface area contributed by atoms with E-state index in [2.05, 4.69) is 26.0 Å². The largest absolute Gasteiger partial charge is 0.480 e. The Morgan fingerprint density at radius 3 is 2.75 bits per heavy atom. The molecule has 0 fully saturated rings. The SMILES string of the molecule is COc1c(Br)cnn1-c1ccc(SC)cn1. The van der Waals surface area contributed by atoms with Crippen LogP contribution in [-0.4, -0.2) is 28.1 Å². The van der Waals surface area contributed by atoms with Crippen LogP contribution < -0.4 is 4.74 Å². The highest BCUT2D eigenvalue weighted by Crippen LogP contribution is 2.26. The van der Waals surface area contributed by atoms with E-state index in [0.717, 1.165) is 15.2 Å². The van der Waals surface area contributed by atoms with Gasteiger partial charge in [0.15, 0.2) is 5.82 Å². The van der Waals surface area contributed by atoms with Crippen LogP contribution in [0, 0.1) is 0 Å². The van der Waals surface area contributed by atoms with Gasteiger partial charge >= 0.3 is 0 Å². The van der Waals surface area contributed by atoms with Gasteiger partial charge in [0.1, 0.15) is 0 Å². The van der Waals surface area contributed by atoms with Crippen LogP contribution in [0.4, 0.5) is 0 Å². The maximum Gasteiger partial charge on any atom is 0.232 e. The summed E-state index contributed by atoms with van der Waals surface area (Å²) in [4.78, 5) is 5.44. The molecule has 0 aliphatic carbocycles. The molecule has 2 rings (SSSR count). The van der Waals surface area contributed by atoms with Gasteiger partial charge in [0.05, 0.1) is 17.8 Å². The quantitative estimate of drug-likeness (QED) is 0.817. The number of methoxy groups -OCH3 is 1. The molecule has 0 radical (unpaired) electrons. The second-order valence-electron chi connectivity index (χ2n) is 2.97. The number of rotatable bonds is 3. The highest BCUT2D eigenvalue weighted by atomic mass is 79.9. The molecule has 0 atom stereocenters. The van der Waals surface area contributed by atoms with Crippen LogP contribution in [0.2, 0.25) is 0 Å². The van der Waals surface area contributed by atoms with Crippen molar-refractivity contribution in [3.8, 4) is 11.7 Å². The fourth-order valence-corrected chi connectivity index (χ4v) is 2.07. The molecule has 16 heavy (non-hydrogen) atoms. The summed E-state index contributed by atoms with van der Waals surface area (Å²) in [6, 6.07) is 3.91. The Labute approximate surface area is 106 Å². The van der Waals surface area contributed by atoms with Gasteiger partial charge in [0, 0.05) is 11.1 Å². The minimum Gasteiger partial charge on any atom is -0.480 e. The molecule has 2 aromatic heterocycles. The molecule has 4 nitrogen and oxygen atoms in total. The van der Waals surface area contributed by atoms with Crippen molar-refractivity contribution in [3.05, 3.63) is 29.0 Å². The van der Waals surface area contributed by atoms with Crippen LogP contribution in [0.3, 0.4) is 0 Å². The lowest BCUT2D eigenvalue weighted by Crippen LogP contribution is -2.01. The summed E-state index contributed by atoms with van der Waals surface area (Å²) in [5.41, 5.74) is 0. The van der Waals surface area contributed by atoms with Crippen LogP contribution in [0.25, 0.3) is 5.82 Å². The number of halogens is 1. The Morgan fingerprint density at radius 2 is 2.19 bits per heavy atom. The smallest absolute Gasteiger partial charge is 0.232 e. The van der Waals surface area contributed by atoms with E-state index in [1.54, 1.807) is 29.8 Å². The van der Waals surface area contributed by atoms with Gasteiger partial charge in [0.25, 0.3) is 0 Å². The number of nitrogens with zero attached hydrogens (tertiary/aromatic N) is 3. The summed E-state index contributed by atoms with van der Waals surface area (Å²) in [5, 5.41) is 4.19. The summed E-state index contributed by atoms with van der Waals surface area (Å²) >= 11 is 5.02. The van der Waals surface area contributed by atoms with Gasteiger partial charge in [-0.25, -0.2) is 4.98 Å². The Hall–Kier alpha value is -1.01. The second kappa shape index (κ2) is 4.88. The molecule has 0 unspecified atom stereocenters. The van der Waals surface area contributed by atoms with E-state index in [0.29, 0.717) is 5.88 Å². The van der Waals surface area contributed by atoms with Crippen molar-refractivity contribution in [2.75, 3.05) is 13.4 Å². The molecule has 6 heteroatoms. The van der Waals surface area contributed by atoms with Crippen LogP contribution in [0.1, 0.15) is 0 Å². The lowest BCUT2D eigenvalue weighted by Gasteiger charge is -2.05. The van der Waals surface area contributed by atoms with Crippen molar-refractivity contribution in [2.24, 2.45) is 0 Å². The van der Waals surface area contributed by atoms with Crippen molar-refractivity contribution >= 4 is 27.7 Å². The number of hydrogen-bond donors (Lipinski definition) is 0. The lowest BCUT2D eigenvalue weighted by molar-refractivity contribution is 0.380. The second-order valence-corrected chi connectivity index (χ2v) is 4.70. The van der Waals surface area contributed by atoms with Gasteiger partial charge in [0.2, 0.25) is 5.88 Å². The standard InChI is InChI=1S/C10H10BrN3OS/c1-15-10-8(11)6-13-14(10)9-4-3-7(16-2)5-12-9/h3-6H,1-2H3. The number of ether oxygens (including phenoxy) is 1. The van der Waals surface area contributed by atoms with Gasteiger partial charge in [-0.15, -0.1) is 11.8 Å². The molecule has 0 aliphatic rings. The van der Waals surface area contributed by atoms with Crippen molar-refractivity contribution in [1.29, 1.82) is 0 Å². The Morgan fingerprint density at radius 1 is 1.38 bits per heavy atom. The van der Waals surface area contributed by atoms with Crippen molar-refractivity contribution in [2.45, 2.75) is 4.90 Å². The fourth-order valence-electron chi connectivity index (χ4n) is 1.28. The summed E-state index contributed by atoms with van der Waals surface area (Å²) in [5.74, 6) is 1.38. The first-order valence-corrected chi connectivity index (χ1v) is 6.56. The molecule has 2 aromatic rings. The number of hydrogen-bond acceptors (Lipinski definition) is 4. The van der Waals surface area contributed by atoms with E-state index in [4.69, 9.17) is 4.74 Å². The summed E-state index contributed by atoms with van der Waals surface area (Å²) in [6.07, 6.45) is 5.51. The normalized spacial score (nSPS) is 10.4. The Kier molecular flexibility index (Phi) is 3.50. The molecule has 0 aromatic carbocycles. The molecule has 0 amide bonds. The monoisotopic (exact) mass is 299 g/mol. The maximum absolute atomic E-state index is 5.24. The summed E-state index contributed by atoms with van der Waals surface area (Å²) < 4.78 is 7.69. The molecule has 0 saturated carbocycles. The van der Waals surface area contributed by atoms with Gasteiger partial charge in [-0.1, -0.05) is 0 Å². The van der Waals surface area contributed by atoms with Crippen molar-refractivity contribution in [1.82, 2.24) is 14.8 Å². The van der Waals surface area contributed by atoms with Gasteiger partial charge in [-0.3, -0.25) is 0 Å². The van der Waals surface area contributed by atoms with Gasteiger partial charge in [-0.05, 0) is 34.3 Å². The molecule has 0 spiro atoms. The Balaban J connectivity index is 2.42. The van der Waals surface area contributed by atoms with Crippen LogP contribution in [0.15, 0.2) is 33.9 Å². The van der Waals surface area contributed by atoms with E-state index in [1.807, 2.05) is 24.6 Å². The van der Waals surface area contributed by atoms with E-state index in [9.17, 15) is 0 Å². The highest BCUT2D eigenvalue weighted by Gasteiger charge is 2.11. The molecule has 0 bridgehead atoms. The third-order valence-corrected chi connectivity index (χ3v) is 3.31. The average molecular weight is 300 g/mol. The van der Waals surface area contributed by atoms with E-state index < -0.39 is 0 Å². The van der Waals surface area contributed by atoms with E-state index in [-0.39, 0.29) is 0 Å². The number of thioether (sulfide) groups is 1. The highest BCUT2D eigenvalue weighted by molar-refractivity contribution is 9.10. The number of pyridine rings is 1. The topological polar surface area (TPSA) is 39.9 Å². The first-order chi connectivity index (χ1) is 7.76. The minimum absolute atomic E-state index is 0.643. The molecule has 2 heterocycles. The molecular formula is C10H10BrN3OS. The molecule has 84 valence electrons. The molecule has 0 aliphatic heterocycles. The van der Waals surface area contributed by atoms with Crippen LogP contribution in [0.5, 0.6) is 5.88 Å². The lowest BCUT2D eigenvalue weighted by atomic mass is 10.4. The van der Waals surface area contributed by atoms with Crippen LogP contribution in [-0.2, 0) is 0 Å². The van der Waals surface area contributed by atoms with Gasteiger partial charge < -0.3 is 4.74 Å². The minimum atomic E-state index is 0.643. The zero-order chi connectivity index (χ0) is 11.5. The molecule has 0 saturated heterocycles. The van der Waals surface area contributed by atoms with Gasteiger partial charge in [-0.2, -0.15) is 9.78 Å². The fraction of sp³-hybridized carbons (Fsp3) is 0.200. The summed E-state index contributed by atoms with van der Waals surface area (Å²) in [7, 11) is 1.61. The summed E-state index contributed by atoms with van der Waals surface area (Å²) in [6.45, 7) is 0. The maximum atomic E-state index is 5.24. The van der Waals surface area contributed by atoms with Crippen molar-refractivity contribution in [3.63, 3.8) is 0 Å². The third kappa shape index (κ3) is 2.08. The zero-order valence-corrected chi connectivity index (χ0v) is 11.2. The molecule has 0 N–H and O–H groups in total. The first-order valence-electron chi connectivity index (χ1n) is 4.54. The molecular weight excluding hydrogens is 290 g/mol. The zero-order valence-electron chi connectivity index (χ0n) is 8.85. The first kappa shape index (κ1) is 11.5. The third-order valence-electron chi connectivity index (χ3n) is 2.05. The number of aromatic nitrogens is 3. The average Bonchev–Trinajstić information content (AvgIpc) is 2.70. The van der Waals surface area contributed by atoms with E-state index in [1.165, 1.54) is 0 Å². The predicted octanol–water partition coefficient (Wildman–Crippen LogP) is 2.76. The van der Waals surface area contributed by atoms with Crippen molar-refractivity contribution < 1.29 is 4.74 Å². The predicted molar refractivity (Wildman–Crippen MR) is 67.4 cm³/mol. The van der Waals surface area contributed by atoms with E-state index >= 15 is 0 Å². The van der Waals surface area contributed by atoms with Crippen LogP contribution >= 0.6 is 27.7 Å².